The number of benzene rings is 1. The van der Waals surface area contributed by atoms with Crippen molar-refractivity contribution in [3.05, 3.63) is 60.1 Å². The number of nitrogens with zero attached hydrogens (tertiary/aromatic N) is 5. The van der Waals surface area contributed by atoms with Gasteiger partial charge in [-0.3, -0.25) is 4.98 Å². The van der Waals surface area contributed by atoms with E-state index in [1.165, 1.54) is 12.7 Å². The van der Waals surface area contributed by atoms with E-state index in [2.05, 4.69) is 25.5 Å². The van der Waals surface area contributed by atoms with Gasteiger partial charge in [0.05, 0.1) is 18.8 Å². The summed E-state index contributed by atoms with van der Waals surface area (Å²) >= 11 is 0. The summed E-state index contributed by atoms with van der Waals surface area (Å²) in [4.78, 5) is 20.8. The van der Waals surface area contributed by atoms with Crippen LogP contribution in [0.1, 0.15) is 24.3 Å². The highest BCUT2D eigenvalue weighted by molar-refractivity contribution is 5.94. The van der Waals surface area contributed by atoms with E-state index in [1.807, 2.05) is 6.20 Å². The maximum atomic E-state index is 14.5. The number of nitrogens with one attached hydrogen (secondary N) is 2. The zero-order valence-corrected chi connectivity index (χ0v) is 19.8. The molecule has 0 atom stereocenters. The molecule has 0 bridgehead atoms. The zero-order valence-electron chi connectivity index (χ0n) is 19.8. The summed E-state index contributed by atoms with van der Waals surface area (Å²) in [7, 11) is 1.35. The number of piperazine rings is 1. The lowest BCUT2D eigenvalue weighted by Gasteiger charge is -2.30. The van der Waals surface area contributed by atoms with Crippen molar-refractivity contribution in [1.29, 1.82) is 0 Å². The van der Waals surface area contributed by atoms with Gasteiger partial charge in [0.15, 0.2) is 17.5 Å². The number of hydrogen-bond acceptors (Lipinski definition) is 8. The van der Waals surface area contributed by atoms with Crippen LogP contribution in [0.3, 0.4) is 0 Å². The topological polar surface area (TPSA) is 88.1 Å². The van der Waals surface area contributed by atoms with Gasteiger partial charge in [-0.25, -0.2) is 23.7 Å². The third kappa shape index (κ3) is 4.28. The van der Waals surface area contributed by atoms with E-state index in [-0.39, 0.29) is 17.3 Å². The first kappa shape index (κ1) is 22.5. The Kier molecular flexibility index (Phi) is 5.80. The monoisotopic (exact) mass is 489 g/mol. The number of methoxy groups -OCH3 is 1. The summed E-state index contributed by atoms with van der Waals surface area (Å²) in [5.41, 5.74) is 2.36. The number of pyridine rings is 2. The Morgan fingerprint density at radius 3 is 2.56 bits per heavy atom. The van der Waals surface area contributed by atoms with Gasteiger partial charge >= 0.3 is 0 Å². The van der Waals surface area contributed by atoms with Crippen molar-refractivity contribution in [2.75, 3.05) is 43.5 Å². The fraction of sp³-hybridized carbons (Fsp3) is 0.308. The molecule has 2 N–H and O–H groups in total. The van der Waals surface area contributed by atoms with Crippen LogP contribution in [-0.4, -0.2) is 53.2 Å². The average molecular weight is 490 g/mol. The molecule has 1 aliphatic carbocycles. The summed E-state index contributed by atoms with van der Waals surface area (Å²) in [5, 5.41) is 7.20. The minimum Gasteiger partial charge on any atom is -0.497 e. The Hall–Kier alpha value is -3.92. The first-order valence-corrected chi connectivity index (χ1v) is 12.0. The minimum atomic E-state index is -0.777. The van der Waals surface area contributed by atoms with E-state index in [4.69, 9.17) is 14.7 Å². The van der Waals surface area contributed by atoms with Crippen LogP contribution in [0, 0.1) is 11.6 Å². The summed E-state index contributed by atoms with van der Waals surface area (Å²) in [6.45, 7) is 3.45. The fourth-order valence-corrected chi connectivity index (χ4v) is 4.58. The predicted octanol–water partition coefficient (Wildman–Crippen LogP) is 4.40. The molecule has 1 aliphatic heterocycles. The van der Waals surface area contributed by atoms with Gasteiger partial charge in [-0.15, -0.1) is 0 Å². The van der Waals surface area contributed by atoms with Gasteiger partial charge in [0.2, 0.25) is 0 Å². The molecule has 1 saturated carbocycles. The molecule has 10 heteroatoms. The normalized spacial score (nSPS) is 15.8. The SMILES string of the molecule is COc1cc(F)c(Nc2cc(-c3nc(N4CCNCC4)c4c(C5CC5)cncc4n3)ccn2)c(F)c1. The molecule has 4 heterocycles. The van der Waals surface area contributed by atoms with Crippen molar-refractivity contribution in [2.45, 2.75) is 18.8 Å². The zero-order chi connectivity index (χ0) is 24.6. The van der Waals surface area contributed by atoms with Crippen molar-refractivity contribution < 1.29 is 13.5 Å². The first-order valence-electron chi connectivity index (χ1n) is 12.0. The molecule has 2 aliphatic rings. The highest BCUT2D eigenvalue weighted by Gasteiger charge is 2.29. The van der Waals surface area contributed by atoms with Gasteiger partial charge in [0, 0.05) is 61.7 Å². The van der Waals surface area contributed by atoms with Crippen molar-refractivity contribution in [2.24, 2.45) is 0 Å². The standard InChI is InChI=1S/C26H25F2N7O/c1-36-17-11-19(27)24(20(28)12-17)33-22-10-16(4-5-31-22)25-32-21-14-30-13-18(15-2-3-15)23(21)26(34-25)35-8-6-29-7-9-35/h4-5,10-15,29H,2-3,6-9H2,1H3,(H,31,33). The van der Waals surface area contributed by atoms with Crippen LogP contribution in [0.5, 0.6) is 5.75 Å². The van der Waals surface area contributed by atoms with E-state index in [0.29, 0.717) is 17.3 Å². The molecule has 0 radical (unpaired) electrons. The van der Waals surface area contributed by atoms with E-state index in [1.54, 1.807) is 24.5 Å². The van der Waals surface area contributed by atoms with Crippen LogP contribution < -0.4 is 20.3 Å². The lowest BCUT2D eigenvalue weighted by Crippen LogP contribution is -2.44. The molecule has 6 rings (SSSR count). The quantitative estimate of drug-likeness (QED) is 0.412. The predicted molar refractivity (Wildman–Crippen MR) is 134 cm³/mol. The Morgan fingerprint density at radius 1 is 1.06 bits per heavy atom. The van der Waals surface area contributed by atoms with Crippen molar-refractivity contribution in [1.82, 2.24) is 25.3 Å². The molecular formula is C26H25F2N7O. The smallest absolute Gasteiger partial charge is 0.162 e. The van der Waals surface area contributed by atoms with Gasteiger partial charge in [0.1, 0.15) is 23.1 Å². The van der Waals surface area contributed by atoms with Crippen LogP contribution in [-0.2, 0) is 0 Å². The third-order valence-corrected chi connectivity index (χ3v) is 6.57. The minimum absolute atomic E-state index is 0.0986. The number of fused-ring (bicyclic) bond motifs is 1. The molecule has 3 aromatic heterocycles. The van der Waals surface area contributed by atoms with Crippen LogP contribution in [0.2, 0.25) is 0 Å². The van der Waals surface area contributed by atoms with Gasteiger partial charge < -0.3 is 20.3 Å². The molecule has 0 spiro atoms. The summed E-state index contributed by atoms with van der Waals surface area (Å²) in [6.07, 6.45) is 7.60. The first-order chi connectivity index (χ1) is 17.6. The summed E-state index contributed by atoms with van der Waals surface area (Å²) in [6, 6.07) is 5.70. The molecule has 2 fully saturated rings. The summed E-state index contributed by atoms with van der Waals surface area (Å²) < 4.78 is 33.9. The molecule has 36 heavy (non-hydrogen) atoms. The Balaban J connectivity index is 1.42. The number of hydrogen-bond donors (Lipinski definition) is 2. The van der Waals surface area contributed by atoms with Crippen molar-refractivity contribution in [3.63, 3.8) is 0 Å². The van der Waals surface area contributed by atoms with E-state index in [9.17, 15) is 8.78 Å². The highest BCUT2D eigenvalue weighted by Crippen LogP contribution is 2.45. The van der Waals surface area contributed by atoms with Crippen LogP contribution >= 0.6 is 0 Å². The van der Waals surface area contributed by atoms with Gasteiger partial charge in [0.25, 0.3) is 0 Å². The maximum absolute atomic E-state index is 14.5. The molecular weight excluding hydrogens is 464 g/mol. The van der Waals surface area contributed by atoms with Crippen molar-refractivity contribution in [3.8, 4) is 17.1 Å². The largest absolute Gasteiger partial charge is 0.497 e. The number of halogens is 2. The molecule has 0 unspecified atom stereocenters. The second-order valence-corrected chi connectivity index (χ2v) is 9.03. The van der Waals surface area contributed by atoms with Gasteiger partial charge in [-0.05, 0) is 36.5 Å². The Bertz CT molecular complexity index is 1410. The van der Waals surface area contributed by atoms with Gasteiger partial charge in [-0.2, -0.15) is 0 Å². The van der Waals surface area contributed by atoms with E-state index >= 15 is 0 Å². The van der Waals surface area contributed by atoms with Crippen LogP contribution in [0.15, 0.2) is 42.9 Å². The van der Waals surface area contributed by atoms with E-state index < -0.39 is 11.6 Å². The number of ether oxygens (including phenoxy) is 1. The van der Waals surface area contributed by atoms with Crippen LogP contribution in [0.25, 0.3) is 22.3 Å². The average Bonchev–Trinajstić information content (AvgIpc) is 3.76. The van der Waals surface area contributed by atoms with E-state index in [0.717, 1.165) is 67.9 Å². The lowest BCUT2D eigenvalue weighted by molar-refractivity contribution is 0.407. The molecule has 184 valence electrons. The molecule has 1 saturated heterocycles. The Morgan fingerprint density at radius 2 is 1.83 bits per heavy atom. The second-order valence-electron chi connectivity index (χ2n) is 9.03. The lowest BCUT2D eigenvalue weighted by atomic mass is 10.1. The highest BCUT2D eigenvalue weighted by atomic mass is 19.1. The Labute approximate surface area is 206 Å². The molecule has 4 aromatic rings. The van der Waals surface area contributed by atoms with Crippen molar-refractivity contribution >= 4 is 28.2 Å². The second kappa shape index (κ2) is 9.27. The van der Waals surface area contributed by atoms with Gasteiger partial charge in [-0.1, -0.05) is 0 Å². The summed E-state index contributed by atoms with van der Waals surface area (Å²) in [5.74, 6) is 0.727. The molecule has 0 amide bonds. The molecule has 1 aromatic carbocycles. The number of aromatic nitrogens is 4. The molecule has 8 nitrogen and oxygen atoms in total. The van der Waals surface area contributed by atoms with Crippen LogP contribution in [0.4, 0.5) is 26.1 Å². The third-order valence-electron chi connectivity index (χ3n) is 6.57. The maximum Gasteiger partial charge on any atom is 0.162 e. The number of rotatable bonds is 6. The fourth-order valence-electron chi connectivity index (χ4n) is 4.58. The number of anilines is 3.